The standard InChI is InChI=1S/C17H18N4O2S2/c1-25(22,23)11-10-24-17-20-19-16(15-8-5-9-18-12-15)21(17)13-14-6-3-2-4-7-14/h2-9,12H,10-11,13H2,1H3. The maximum Gasteiger partial charge on any atom is 0.191 e. The predicted octanol–water partition coefficient (Wildman–Crippen LogP) is 2.53. The molecule has 2 aromatic heterocycles. The van der Waals surface area contributed by atoms with Crippen molar-refractivity contribution in [3.05, 3.63) is 60.4 Å². The Labute approximate surface area is 151 Å². The molecule has 6 nitrogen and oxygen atoms in total. The fraction of sp³-hybridized carbons (Fsp3) is 0.235. The minimum absolute atomic E-state index is 0.109. The van der Waals surface area contributed by atoms with Gasteiger partial charge < -0.3 is 0 Å². The topological polar surface area (TPSA) is 77.7 Å². The first-order chi connectivity index (χ1) is 12.0. The third-order valence-corrected chi connectivity index (χ3v) is 5.68. The van der Waals surface area contributed by atoms with Crippen LogP contribution >= 0.6 is 11.8 Å². The van der Waals surface area contributed by atoms with Crippen molar-refractivity contribution in [3.8, 4) is 11.4 Å². The smallest absolute Gasteiger partial charge is 0.191 e. The van der Waals surface area contributed by atoms with Crippen molar-refractivity contribution in [1.82, 2.24) is 19.7 Å². The lowest BCUT2D eigenvalue weighted by molar-refractivity contribution is 0.603. The Bertz CT molecular complexity index is 926. The van der Waals surface area contributed by atoms with E-state index in [2.05, 4.69) is 15.2 Å². The second-order valence-electron chi connectivity index (χ2n) is 5.60. The van der Waals surface area contributed by atoms with Crippen molar-refractivity contribution >= 4 is 21.6 Å². The third kappa shape index (κ3) is 4.90. The Morgan fingerprint density at radius 1 is 1.08 bits per heavy atom. The largest absolute Gasteiger partial charge is 0.298 e. The Hall–Kier alpha value is -2.19. The zero-order valence-electron chi connectivity index (χ0n) is 13.7. The molecule has 3 rings (SSSR count). The number of sulfone groups is 1. The van der Waals surface area contributed by atoms with Gasteiger partial charge in [-0.15, -0.1) is 10.2 Å². The summed E-state index contributed by atoms with van der Waals surface area (Å²) in [5.41, 5.74) is 2.00. The van der Waals surface area contributed by atoms with Crippen LogP contribution < -0.4 is 0 Å². The molecule has 0 aliphatic carbocycles. The fourth-order valence-electron chi connectivity index (χ4n) is 2.30. The first kappa shape index (κ1) is 17.6. The fourth-order valence-corrected chi connectivity index (χ4v) is 4.43. The first-order valence-electron chi connectivity index (χ1n) is 7.71. The van der Waals surface area contributed by atoms with Gasteiger partial charge in [0.15, 0.2) is 11.0 Å². The Balaban J connectivity index is 1.91. The number of hydrogen-bond donors (Lipinski definition) is 0. The number of aromatic nitrogens is 4. The van der Waals surface area contributed by atoms with Crippen LogP contribution in [-0.4, -0.2) is 45.9 Å². The van der Waals surface area contributed by atoms with Gasteiger partial charge in [0.2, 0.25) is 0 Å². The highest BCUT2D eigenvalue weighted by molar-refractivity contribution is 8.00. The minimum atomic E-state index is -3.00. The quantitative estimate of drug-likeness (QED) is 0.592. The van der Waals surface area contributed by atoms with E-state index < -0.39 is 9.84 Å². The summed E-state index contributed by atoms with van der Waals surface area (Å²) in [6, 6.07) is 13.8. The normalized spacial score (nSPS) is 11.6. The van der Waals surface area contributed by atoms with Crippen LogP contribution in [-0.2, 0) is 16.4 Å². The summed E-state index contributed by atoms with van der Waals surface area (Å²) in [4.78, 5) is 4.15. The van der Waals surface area contributed by atoms with Crippen LogP contribution in [0.5, 0.6) is 0 Å². The van der Waals surface area contributed by atoms with Crippen molar-refractivity contribution in [2.45, 2.75) is 11.7 Å². The van der Waals surface area contributed by atoms with Gasteiger partial charge >= 0.3 is 0 Å². The van der Waals surface area contributed by atoms with Gasteiger partial charge in [-0.1, -0.05) is 42.1 Å². The molecule has 130 valence electrons. The van der Waals surface area contributed by atoms with Gasteiger partial charge in [0.1, 0.15) is 9.84 Å². The average Bonchev–Trinajstić information content (AvgIpc) is 2.98. The van der Waals surface area contributed by atoms with Gasteiger partial charge in [-0.3, -0.25) is 9.55 Å². The van der Waals surface area contributed by atoms with Gasteiger partial charge in [0.25, 0.3) is 0 Å². The van der Waals surface area contributed by atoms with E-state index in [1.165, 1.54) is 18.0 Å². The summed E-state index contributed by atoms with van der Waals surface area (Å²) in [5, 5.41) is 9.26. The van der Waals surface area contributed by atoms with Crippen molar-refractivity contribution < 1.29 is 8.42 Å². The van der Waals surface area contributed by atoms with E-state index >= 15 is 0 Å². The second-order valence-corrected chi connectivity index (χ2v) is 8.92. The van der Waals surface area contributed by atoms with Crippen molar-refractivity contribution in [2.75, 3.05) is 17.8 Å². The lowest BCUT2D eigenvalue weighted by Gasteiger charge is -2.10. The number of benzene rings is 1. The van der Waals surface area contributed by atoms with Gasteiger partial charge in [0.05, 0.1) is 12.3 Å². The summed E-state index contributed by atoms with van der Waals surface area (Å²) < 4.78 is 24.7. The van der Waals surface area contributed by atoms with Crippen LogP contribution in [0.2, 0.25) is 0 Å². The SMILES string of the molecule is CS(=O)(=O)CCSc1nnc(-c2cccnc2)n1Cc1ccccc1. The number of hydrogen-bond acceptors (Lipinski definition) is 6. The number of rotatable bonds is 7. The molecule has 0 saturated carbocycles. The van der Waals surface area contributed by atoms with E-state index in [9.17, 15) is 8.42 Å². The van der Waals surface area contributed by atoms with E-state index in [1.807, 2.05) is 47.0 Å². The van der Waals surface area contributed by atoms with E-state index in [1.54, 1.807) is 12.4 Å². The molecule has 0 radical (unpaired) electrons. The lowest BCUT2D eigenvalue weighted by Crippen LogP contribution is -2.08. The van der Waals surface area contributed by atoms with Crippen LogP contribution in [0.4, 0.5) is 0 Å². The summed E-state index contributed by atoms with van der Waals surface area (Å²) in [6.45, 7) is 0.610. The molecule has 0 bridgehead atoms. The van der Waals surface area contributed by atoms with E-state index in [4.69, 9.17) is 0 Å². The highest BCUT2D eigenvalue weighted by Crippen LogP contribution is 2.24. The number of pyridine rings is 1. The Morgan fingerprint density at radius 2 is 1.88 bits per heavy atom. The summed E-state index contributed by atoms with van der Waals surface area (Å²) in [7, 11) is -3.00. The molecule has 2 heterocycles. The molecule has 3 aromatic rings. The molecule has 1 aromatic carbocycles. The van der Waals surface area contributed by atoms with E-state index in [0.29, 0.717) is 17.5 Å². The molecule has 0 unspecified atom stereocenters. The van der Waals surface area contributed by atoms with Gasteiger partial charge in [0, 0.05) is 30.0 Å². The van der Waals surface area contributed by atoms with Crippen LogP contribution in [0.25, 0.3) is 11.4 Å². The van der Waals surface area contributed by atoms with Crippen LogP contribution in [0.1, 0.15) is 5.56 Å². The first-order valence-corrected chi connectivity index (χ1v) is 10.8. The monoisotopic (exact) mass is 374 g/mol. The highest BCUT2D eigenvalue weighted by Gasteiger charge is 2.15. The number of thioether (sulfide) groups is 1. The van der Waals surface area contributed by atoms with E-state index in [-0.39, 0.29) is 5.75 Å². The summed E-state index contributed by atoms with van der Waals surface area (Å²) >= 11 is 1.40. The zero-order chi connectivity index (χ0) is 17.7. The Morgan fingerprint density at radius 3 is 2.56 bits per heavy atom. The molecule has 0 amide bonds. The van der Waals surface area contributed by atoms with Crippen molar-refractivity contribution in [2.24, 2.45) is 0 Å². The van der Waals surface area contributed by atoms with Gasteiger partial charge in [-0.25, -0.2) is 8.42 Å². The molecule has 0 fully saturated rings. The maximum atomic E-state index is 11.4. The maximum absolute atomic E-state index is 11.4. The molecule has 8 heteroatoms. The molecular weight excluding hydrogens is 356 g/mol. The highest BCUT2D eigenvalue weighted by atomic mass is 32.2. The minimum Gasteiger partial charge on any atom is -0.298 e. The van der Waals surface area contributed by atoms with Gasteiger partial charge in [-0.05, 0) is 17.7 Å². The van der Waals surface area contributed by atoms with Gasteiger partial charge in [-0.2, -0.15) is 0 Å². The molecule has 0 spiro atoms. The predicted molar refractivity (Wildman–Crippen MR) is 99.2 cm³/mol. The van der Waals surface area contributed by atoms with Crippen LogP contribution in [0.3, 0.4) is 0 Å². The Kier molecular flexibility index (Phi) is 5.50. The summed E-state index contributed by atoms with van der Waals surface area (Å²) in [5.74, 6) is 1.27. The lowest BCUT2D eigenvalue weighted by atomic mass is 10.2. The van der Waals surface area contributed by atoms with Crippen molar-refractivity contribution in [3.63, 3.8) is 0 Å². The molecule has 0 aliphatic rings. The van der Waals surface area contributed by atoms with Crippen LogP contribution in [0.15, 0.2) is 60.0 Å². The molecule has 25 heavy (non-hydrogen) atoms. The molecule has 0 aliphatic heterocycles. The molecule has 0 saturated heterocycles. The van der Waals surface area contributed by atoms with Crippen LogP contribution in [0, 0.1) is 0 Å². The molecule has 0 atom stereocenters. The molecular formula is C17H18N4O2S2. The average molecular weight is 374 g/mol. The molecule has 0 N–H and O–H groups in total. The third-order valence-electron chi connectivity index (χ3n) is 3.51. The number of nitrogens with zero attached hydrogens (tertiary/aromatic N) is 4. The zero-order valence-corrected chi connectivity index (χ0v) is 15.4. The second kappa shape index (κ2) is 7.79. The summed E-state index contributed by atoms with van der Waals surface area (Å²) in [6.07, 6.45) is 4.70. The van der Waals surface area contributed by atoms with Crippen molar-refractivity contribution in [1.29, 1.82) is 0 Å². The van der Waals surface area contributed by atoms with E-state index in [0.717, 1.165) is 17.0 Å².